The molecule has 0 radical (unpaired) electrons. The van der Waals surface area contributed by atoms with Crippen LogP contribution in [0.2, 0.25) is 0 Å². The monoisotopic (exact) mass is 489 g/mol. The van der Waals surface area contributed by atoms with Crippen molar-refractivity contribution in [2.75, 3.05) is 6.61 Å². The number of aliphatic hydroxyl groups is 1. The summed E-state index contributed by atoms with van der Waals surface area (Å²) in [4.78, 5) is 0. The predicted octanol–water partition coefficient (Wildman–Crippen LogP) is -0.835. The number of fused-ring (bicyclic) bond motifs is 2. The van der Waals surface area contributed by atoms with Gasteiger partial charge in [0.1, 0.15) is 0 Å². The van der Waals surface area contributed by atoms with Crippen LogP contribution in [0.3, 0.4) is 0 Å². The second-order valence-corrected chi connectivity index (χ2v) is 12.6. The fourth-order valence-electron chi connectivity index (χ4n) is 4.60. The Kier molecular flexibility index (Phi) is 8.23. The fraction of sp³-hybridized carbons (Fsp3) is 0.292. The molecule has 0 aliphatic heterocycles. The maximum absolute atomic E-state index is 9.43. The van der Waals surface area contributed by atoms with Crippen LogP contribution in [0, 0.1) is 0 Å². The largest absolute Gasteiger partial charge is 1.00 e. The Morgan fingerprint density at radius 3 is 2.39 bits per heavy atom. The van der Waals surface area contributed by atoms with Crippen LogP contribution in [0.15, 0.2) is 60.2 Å². The average Bonchev–Trinajstić information content (AvgIpc) is 3.19. The first kappa shape index (κ1) is 23.5. The summed E-state index contributed by atoms with van der Waals surface area (Å²) >= 11 is -0.836. The third kappa shape index (κ3) is 4.08. The topological polar surface area (TPSA) is 20.2 Å². The number of hydrogen-bond acceptors (Lipinski definition) is 1. The summed E-state index contributed by atoms with van der Waals surface area (Å²) in [5.41, 5.74) is 7.26. The van der Waals surface area contributed by atoms with Crippen molar-refractivity contribution in [3.63, 3.8) is 0 Å². The number of allylic oxidation sites excluding steroid dienone is 2. The van der Waals surface area contributed by atoms with Crippen molar-refractivity contribution in [1.29, 1.82) is 0 Å². The molecule has 2 unspecified atom stereocenters. The maximum Gasteiger partial charge on any atom is -1.00 e. The van der Waals surface area contributed by atoms with Crippen molar-refractivity contribution in [3.05, 3.63) is 82.4 Å². The molecule has 0 saturated carbocycles. The van der Waals surface area contributed by atoms with Crippen LogP contribution in [0.5, 0.6) is 0 Å². The summed E-state index contributed by atoms with van der Waals surface area (Å²) in [6.07, 6.45) is 9.10. The molecule has 1 nitrogen and oxygen atoms in total. The standard InChI is InChI=1S/C21H19O.C3H6.2ClH.Zr/c22-13-5-8-17-14-16-7-2-4-10-19(16)21(17)20-12-11-15-6-1-3-9-18(15)20;1-3-2;;;/h1-4,6-7,9-12,14,21-22H,5,8,13H2;1-2H3;2*1H;/q;;;;+2/p-2. The Hall–Kier alpha value is -0.787. The van der Waals surface area contributed by atoms with Gasteiger partial charge in [-0.1, -0.05) is 0 Å². The van der Waals surface area contributed by atoms with Crippen LogP contribution in [0.25, 0.3) is 12.2 Å². The van der Waals surface area contributed by atoms with Crippen LogP contribution in [-0.4, -0.2) is 14.9 Å². The molecule has 1 N–H and O–H groups in total. The van der Waals surface area contributed by atoms with Gasteiger partial charge >= 0.3 is 168 Å². The number of halogens is 2. The molecular weight excluding hydrogens is 466 g/mol. The molecule has 0 spiro atoms. The molecule has 4 rings (SSSR count). The van der Waals surface area contributed by atoms with E-state index < -0.39 is 22.8 Å². The summed E-state index contributed by atoms with van der Waals surface area (Å²) < 4.78 is 1.77. The number of benzene rings is 2. The quantitative estimate of drug-likeness (QED) is 0.579. The van der Waals surface area contributed by atoms with E-state index in [9.17, 15) is 5.11 Å². The number of rotatable bonds is 5. The van der Waals surface area contributed by atoms with Gasteiger partial charge in [-0.15, -0.1) is 0 Å². The van der Waals surface area contributed by atoms with Crippen molar-refractivity contribution in [2.45, 2.75) is 35.7 Å². The van der Waals surface area contributed by atoms with Gasteiger partial charge in [0.25, 0.3) is 0 Å². The molecule has 0 heterocycles. The van der Waals surface area contributed by atoms with Gasteiger partial charge in [-0.3, -0.25) is 0 Å². The Morgan fingerprint density at radius 1 is 1.00 bits per heavy atom. The molecule has 2 aromatic carbocycles. The van der Waals surface area contributed by atoms with E-state index in [0.29, 0.717) is 5.92 Å². The van der Waals surface area contributed by atoms with Gasteiger partial charge in [0.2, 0.25) is 0 Å². The van der Waals surface area contributed by atoms with E-state index in [1.54, 1.807) is 3.21 Å². The Labute approximate surface area is 191 Å². The SMILES string of the molecule is C[C](C)=[Zr+2][C]1(C2C(CCCO)=Cc3ccccc32)C=Cc2ccccc21.[Cl-].[Cl-]. The Morgan fingerprint density at radius 2 is 1.68 bits per heavy atom. The number of aliphatic hydroxyl groups excluding tert-OH is 1. The summed E-state index contributed by atoms with van der Waals surface area (Å²) in [6.45, 7) is 4.90. The Balaban J connectivity index is 0.00000140. The minimum atomic E-state index is -0.836. The van der Waals surface area contributed by atoms with Crippen molar-refractivity contribution in [2.24, 2.45) is 0 Å². The molecule has 0 aromatic heterocycles. The zero-order valence-electron chi connectivity index (χ0n) is 16.3. The second-order valence-electron chi connectivity index (χ2n) is 7.52. The molecule has 0 bridgehead atoms. The van der Waals surface area contributed by atoms with Gasteiger partial charge in [0.05, 0.1) is 0 Å². The normalized spacial score (nSPS) is 21.0. The minimum absolute atomic E-state index is 0. The van der Waals surface area contributed by atoms with E-state index in [0.717, 1.165) is 12.8 Å². The summed E-state index contributed by atoms with van der Waals surface area (Å²) in [5, 5.41) is 9.43. The third-order valence-corrected chi connectivity index (χ3v) is 9.51. The van der Waals surface area contributed by atoms with Crippen molar-refractivity contribution >= 4 is 15.4 Å². The first-order valence-corrected chi connectivity index (χ1v) is 11.9. The maximum atomic E-state index is 9.43. The van der Waals surface area contributed by atoms with E-state index >= 15 is 0 Å². The van der Waals surface area contributed by atoms with E-state index in [-0.39, 0.29) is 34.5 Å². The fourth-order valence-corrected chi connectivity index (χ4v) is 9.13. The summed E-state index contributed by atoms with van der Waals surface area (Å²) in [6, 6.07) is 17.9. The molecular formula is C24H25Cl2OZr. The molecule has 0 amide bonds. The van der Waals surface area contributed by atoms with Crippen LogP contribution < -0.4 is 24.8 Å². The van der Waals surface area contributed by atoms with Gasteiger partial charge in [-0.25, -0.2) is 0 Å². The predicted molar refractivity (Wildman–Crippen MR) is 107 cm³/mol. The van der Waals surface area contributed by atoms with E-state index in [1.807, 2.05) is 0 Å². The van der Waals surface area contributed by atoms with Crippen LogP contribution in [0.1, 0.15) is 54.9 Å². The van der Waals surface area contributed by atoms with E-state index in [1.165, 1.54) is 27.8 Å². The molecule has 145 valence electrons. The van der Waals surface area contributed by atoms with Crippen molar-refractivity contribution < 1.29 is 52.7 Å². The summed E-state index contributed by atoms with van der Waals surface area (Å²) in [7, 11) is 0. The zero-order chi connectivity index (χ0) is 18.1. The Bertz CT molecular complexity index is 928. The van der Waals surface area contributed by atoms with Gasteiger partial charge < -0.3 is 24.8 Å². The average molecular weight is 492 g/mol. The molecule has 28 heavy (non-hydrogen) atoms. The first-order chi connectivity index (χ1) is 12.7. The molecule has 2 atom stereocenters. The molecule has 0 fully saturated rings. The smallest absolute Gasteiger partial charge is 1.00 e. The van der Waals surface area contributed by atoms with Crippen LogP contribution >= 0.6 is 0 Å². The molecule has 4 heteroatoms. The van der Waals surface area contributed by atoms with Crippen molar-refractivity contribution in [1.82, 2.24) is 0 Å². The van der Waals surface area contributed by atoms with E-state index in [2.05, 4.69) is 80.6 Å². The molecule has 0 saturated heterocycles. The zero-order valence-corrected chi connectivity index (χ0v) is 20.2. The van der Waals surface area contributed by atoms with Gasteiger partial charge in [0.15, 0.2) is 0 Å². The molecule has 2 aromatic rings. The second kappa shape index (κ2) is 9.81. The van der Waals surface area contributed by atoms with E-state index in [4.69, 9.17) is 0 Å². The van der Waals surface area contributed by atoms with Crippen molar-refractivity contribution in [3.8, 4) is 0 Å². The molecule has 2 aliphatic carbocycles. The minimum Gasteiger partial charge on any atom is -1.00 e. The number of hydrogen-bond donors (Lipinski definition) is 1. The molecule has 2 aliphatic rings. The van der Waals surface area contributed by atoms with Gasteiger partial charge in [-0.2, -0.15) is 0 Å². The van der Waals surface area contributed by atoms with Crippen LogP contribution in [0.4, 0.5) is 0 Å². The van der Waals surface area contributed by atoms with Crippen LogP contribution in [-0.2, 0) is 25.9 Å². The summed E-state index contributed by atoms with van der Waals surface area (Å²) in [5.74, 6) is 0.423. The third-order valence-electron chi connectivity index (χ3n) is 5.49. The first-order valence-electron chi connectivity index (χ1n) is 9.43. The van der Waals surface area contributed by atoms with Gasteiger partial charge in [0, 0.05) is 0 Å². The van der Waals surface area contributed by atoms with Gasteiger partial charge in [-0.05, 0) is 0 Å².